The number of amides is 1. The monoisotopic (exact) mass is 294 g/mol. The van der Waals surface area contributed by atoms with Gasteiger partial charge in [0.25, 0.3) is 0 Å². The van der Waals surface area contributed by atoms with Gasteiger partial charge in [-0.25, -0.2) is 4.79 Å². The van der Waals surface area contributed by atoms with Crippen molar-refractivity contribution in [2.75, 3.05) is 20.2 Å². The van der Waals surface area contributed by atoms with Gasteiger partial charge in [0.15, 0.2) is 0 Å². The fourth-order valence-electron chi connectivity index (χ4n) is 1.71. The van der Waals surface area contributed by atoms with Crippen molar-refractivity contribution in [2.45, 2.75) is 39.0 Å². The molecule has 5 nitrogen and oxygen atoms in total. The van der Waals surface area contributed by atoms with Gasteiger partial charge in [-0.3, -0.25) is 0 Å². The van der Waals surface area contributed by atoms with Crippen LogP contribution in [-0.4, -0.2) is 42.8 Å². The predicted molar refractivity (Wildman–Crippen MR) is 82.9 cm³/mol. The summed E-state index contributed by atoms with van der Waals surface area (Å²) in [6.07, 6.45) is -0.388. The molecule has 0 bridgehead atoms. The SMILES string of the molecule is CN(C(=O)OC(C)(C)C)C(CN)COCc1ccccc1. The van der Waals surface area contributed by atoms with Gasteiger partial charge in [-0.2, -0.15) is 0 Å². The highest BCUT2D eigenvalue weighted by molar-refractivity contribution is 5.68. The van der Waals surface area contributed by atoms with Crippen LogP contribution in [0.1, 0.15) is 26.3 Å². The summed E-state index contributed by atoms with van der Waals surface area (Å²) in [6.45, 7) is 6.71. The zero-order chi connectivity index (χ0) is 15.9. The molecule has 0 saturated carbocycles. The van der Waals surface area contributed by atoms with Gasteiger partial charge in [-0.1, -0.05) is 30.3 Å². The van der Waals surface area contributed by atoms with E-state index < -0.39 is 5.60 Å². The Hall–Kier alpha value is -1.59. The molecular formula is C16H26N2O3. The van der Waals surface area contributed by atoms with Crippen LogP contribution in [-0.2, 0) is 16.1 Å². The molecule has 1 aromatic rings. The van der Waals surface area contributed by atoms with Crippen LogP contribution in [0.15, 0.2) is 30.3 Å². The molecule has 0 aromatic heterocycles. The molecule has 0 heterocycles. The van der Waals surface area contributed by atoms with Crippen LogP contribution in [0.5, 0.6) is 0 Å². The van der Waals surface area contributed by atoms with Gasteiger partial charge in [0.1, 0.15) is 5.60 Å². The maximum absolute atomic E-state index is 12.0. The highest BCUT2D eigenvalue weighted by Crippen LogP contribution is 2.11. The Morgan fingerprint density at radius 1 is 1.29 bits per heavy atom. The van der Waals surface area contributed by atoms with E-state index in [9.17, 15) is 4.79 Å². The maximum Gasteiger partial charge on any atom is 0.410 e. The lowest BCUT2D eigenvalue weighted by Gasteiger charge is -2.29. The molecule has 1 aromatic carbocycles. The molecule has 1 unspecified atom stereocenters. The van der Waals surface area contributed by atoms with Gasteiger partial charge in [0.2, 0.25) is 0 Å². The average Bonchev–Trinajstić information content (AvgIpc) is 2.42. The Labute approximate surface area is 127 Å². The lowest BCUT2D eigenvalue weighted by molar-refractivity contribution is 0.00764. The molecule has 0 aliphatic rings. The van der Waals surface area contributed by atoms with Crippen molar-refractivity contribution in [3.05, 3.63) is 35.9 Å². The van der Waals surface area contributed by atoms with Crippen molar-refractivity contribution >= 4 is 6.09 Å². The van der Waals surface area contributed by atoms with E-state index in [1.54, 1.807) is 7.05 Å². The molecule has 118 valence electrons. The van der Waals surface area contributed by atoms with E-state index >= 15 is 0 Å². The number of likely N-dealkylation sites (N-methyl/N-ethyl adjacent to an activating group) is 1. The zero-order valence-electron chi connectivity index (χ0n) is 13.3. The Balaban J connectivity index is 2.45. The summed E-state index contributed by atoms with van der Waals surface area (Å²) >= 11 is 0. The normalized spacial score (nSPS) is 12.8. The van der Waals surface area contributed by atoms with Gasteiger partial charge < -0.3 is 20.1 Å². The fraction of sp³-hybridized carbons (Fsp3) is 0.562. The number of carbonyl (C=O) groups is 1. The number of nitrogens with zero attached hydrogens (tertiary/aromatic N) is 1. The second kappa shape index (κ2) is 8.00. The first-order valence-corrected chi connectivity index (χ1v) is 7.11. The molecule has 0 aliphatic carbocycles. The van der Waals surface area contributed by atoms with Crippen molar-refractivity contribution in [1.82, 2.24) is 4.90 Å². The molecule has 1 rings (SSSR count). The van der Waals surface area contributed by atoms with E-state index in [0.717, 1.165) is 5.56 Å². The fourth-order valence-corrected chi connectivity index (χ4v) is 1.71. The van der Waals surface area contributed by atoms with Crippen LogP contribution in [0.2, 0.25) is 0 Å². The number of hydrogen-bond donors (Lipinski definition) is 1. The molecule has 5 heteroatoms. The third-order valence-electron chi connectivity index (χ3n) is 2.92. The molecule has 1 atom stereocenters. The largest absolute Gasteiger partial charge is 0.444 e. The van der Waals surface area contributed by atoms with E-state index in [-0.39, 0.29) is 12.1 Å². The number of benzene rings is 1. The van der Waals surface area contributed by atoms with Crippen LogP contribution >= 0.6 is 0 Å². The molecule has 0 spiro atoms. The summed E-state index contributed by atoms with van der Waals surface area (Å²) in [6, 6.07) is 9.67. The number of nitrogens with two attached hydrogens (primary N) is 1. The second-order valence-electron chi connectivity index (χ2n) is 5.98. The first-order chi connectivity index (χ1) is 9.83. The summed E-state index contributed by atoms with van der Waals surface area (Å²) in [5.74, 6) is 0. The third-order valence-corrected chi connectivity index (χ3v) is 2.92. The molecule has 0 fully saturated rings. The summed E-state index contributed by atoms with van der Waals surface area (Å²) in [5.41, 5.74) is 6.30. The lowest BCUT2D eigenvalue weighted by Crippen LogP contribution is -2.46. The zero-order valence-corrected chi connectivity index (χ0v) is 13.3. The van der Waals surface area contributed by atoms with Crippen LogP contribution in [0.4, 0.5) is 4.79 Å². The number of hydrogen-bond acceptors (Lipinski definition) is 4. The van der Waals surface area contributed by atoms with Crippen LogP contribution in [0, 0.1) is 0 Å². The van der Waals surface area contributed by atoms with E-state index in [4.69, 9.17) is 15.2 Å². The summed E-state index contributed by atoms with van der Waals surface area (Å²) in [7, 11) is 1.68. The third kappa shape index (κ3) is 6.60. The predicted octanol–water partition coefficient (Wildman–Crippen LogP) is 2.40. The van der Waals surface area contributed by atoms with Crippen molar-refractivity contribution in [3.63, 3.8) is 0 Å². The standard InChI is InChI=1S/C16H26N2O3/c1-16(2,3)21-15(19)18(4)14(10-17)12-20-11-13-8-6-5-7-9-13/h5-9,14H,10-12,17H2,1-4H3. The van der Waals surface area contributed by atoms with Gasteiger partial charge in [0.05, 0.1) is 19.3 Å². The molecule has 0 saturated heterocycles. The van der Waals surface area contributed by atoms with Crippen molar-refractivity contribution in [2.24, 2.45) is 5.73 Å². The highest BCUT2D eigenvalue weighted by Gasteiger charge is 2.24. The van der Waals surface area contributed by atoms with Crippen LogP contribution in [0.25, 0.3) is 0 Å². The van der Waals surface area contributed by atoms with E-state index in [0.29, 0.717) is 19.8 Å². The van der Waals surface area contributed by atoms with E-state index in [1.807, 2.05) is 51.1 Å². The summed E-state index contributed by atoms with van der Waals surface area (Å²) < 4.78 is 11.0. The summed E-state index contributed by atoms with van der Waals surface area (Å²) in [5, 5.41) is 0. The minimum Gasteiger partial charge on any atom is -0.444 e. The quantitative estimate of drug-likeness (QED) is 0.875. The van der Waals surface area contributed by atoms with Crippen molar-refractivity contribution in [3.8, 4) is 0 Å². The minimum atomic E-state index is -0.518. The smallest absolute Gasteiger partial charge is 0.410 e. The number of ether oxygens (including phenoxy) is 2. The van der Waals surface area contributed by atoms with Gasteiger partial charge in [-0.15, -0.1) is 0 Å². The van der Waals surface area contributed by atoms with E-state index in [2.05, 4.69) is 0 Å². The Morgan fingerprint density at radius 2 is 1.90 bits per heavy atom. The van der Waals surface area contributed by atoms with Gasteiger partial charge in [0, 0.05) is 13.6 Å². The van der Waals surface area contributed by atoms with Crippen LogP contribution < -0.4 is 5.73 Å². The molecule has 0 aliphatic heterocycles. The first kappa shape index (κ1) is 17.5. The highest BCUT2D eigenvalue weighted by atomic mass is 16.6. The van der Waals surface area contributed by atoms with Crippen molar-refractivity contribution in [1.29, 1.82) is 0 Å². The molecule has 2 N–H and O–H groups in total. The maximum atomic E-state index is 12.0. The molecular weight excluding hydrogens is 268 g/mol. The number of carbonyl (C=O) groups excluding carboxylic acids is 1. The Bertz CT molecular complexity index is 429. The summed E-state index contributed by atoms with van der Waals surface area (Å²) in [4.78, 5) is 13.5. The van der Waals surface area contributed by atoms with Crippen molar-refractivity contribution < 1.29 is 14.3 Å². The van der Waals surface area contributed by atoms with Gasteiger partial charge in [-0.05, 0) is 26.3 Å². The number of rotatable bonds is 6. The molecule has 0 radical (unpaired) electrons. The molecule has 21 heavy (non-hydrogen) atoms. The second-order valence-corrected chi connectivity index (χ2v) is 5.98. The van der Waals surface area contributed by atoms with Gasteiger partial charge >= 0.3 is 6.09 Å². The first-order valence-electron chi connectivity index (χ1n) is 7.11. The topological polar surface area (TPSA) is 64.8 Å². The lowest BCUT2D eigenvalue weighted by atomic mass is 10.2. The molecule has 1 amide bonds. The van der Waals surface area contributed by atoms with E-state index in [1.165, 1.54) is 4.90 Å². The van der Waals surface area contributed by atoms with Crippen LogP contribution in [0.3, 0.4) is 0 Å². The Morgan fingerprint density at radius 3 is 2.43 bits per heavy atom. The Kier molecular flexibility index (Phi) is 6.65. The minimum absolute atomic E-state index is 0.205. The average molecular weight is 294 g/mol.